The second-order valence-corrected chi connectivity index (χ2v) is 5.15. The van der Waals surface area contributed by atoms with Crippen LogP contribution in [0, 0.1) is 0 Å². The Labute approximate surface area is 125 Å². The number of rotatable bonds is 3. The monoisotopic (exact) mass is 309 g/mol. The highest BCUT2D eigenvalue weighted by Crippen LogP contribution is 2.27. The van der Waals surface area contributed by atoms with Crippen LogP contribution < -0.4 is 10.2 Å². The standard InChI is InChI=1S/C15H14F3N3O/c1-10-6-12(14-19-9-20-21(14)8-10)7-11-2-4-13(5-3-11)22-15(16,17)18/h2-6,8-9,14H,7H2,1H3,(H,19,20). The molecule has 0 fully saturated rings. The fourth-order valence-electron chi connectivity index (χ4n) is 2.51. The highest BCUT2D eigenvalue weighted by molar-refractivity contribution is 5.58. The van der Waals surface area contributed by atoms with E-state index in [-0.39, 0.29) is 11.9 Å². The van der Waals surface area contributed by atoms with Crippen molar-refractivity contribution >= 4 is 6.34 Å². The Morgan fingerprint density at radius 2 is 2.00 bits per heavy atom. The lowest BCUT2D eigenvalue weighted by Crippen LogP contribution is -2.37. The summed E-state index contributed by atoms with van der Waals surface area (Å²) in [6.45, 7) is 1.98. The number of hydrogen-bond donors (Lipinski definition) is 1. The molecule has 116 valence electrons. The van der Waals surface area contributed by atoms with Crippen molar-refractivity contribution in [1.29, 1.82) is 0 Å². The zero-order chi connectivity index (χ0) is 15.7. The van der Waals surface area contributed by atoms with Crippen LogP contribution in [0.5, 0.6) is 5.75 Å². The van der Waals surface area contributed by atoms with Crippen molar-refractivity contribution in [2.24, 2.45) is 4.99 Å². The summed E-state index contributed by atoms with van der Waals surface area (Å²) < 4.78 is 40.3. The maximum absolute atomic E-state index is 12.1. The van der Waals surface area contributed by atoms with Gasteiger partial charge in [-0.1, -0.05) is 18.2 Å². The summed E-state index contributed by atoms with van der Waals surface area (Å²) >= 11 is 0. The second kappa shape index (κ2) is 5.40. The molecule has 4 nitrogen and oxygen atoms in total. The predicted octanol–water partition coefficient (Wildman–Crippen LogP) is 3.15. The van der Waals surface area contributed by atoms with Crippen molar-refractivity contribution in [1.82, 2.24) is 10.4 Å². The number of ether oxygens (including phenoxy) is 1. The van der Waals surface area contributed by atoms with Gasteiger partial charge in [-0.2, -0.15) is 0 Å². The molecule has 1 aromatic rings. The molecule has 1 aromatic carbocycles. The zero-order valence-electron chi connectivity index (χ0n) is 11.8. The third kappa shape index (κ3) is 3.24. The molecule has 7 heteroatoms. The molecule has 2 heterocycles. The normalized spacial score (nSPS) is 20.2. The van der Waals surface area contributed by atoms with Crippen molar-refractivity contribution in [2.45, 2.75) is 25.9 Å². The number of benzene rings is 1. The molecule has 2 aliphatic rings. The van der Waals surface area contributed by atoms with E-state index in [1.165, 1.54) is 12.1 Å². The van der Waals surface area contributed by atoms with Gasteiger partial charge in [-0.25, -0.2) is 4.99 Å². The third-order valence-corrected chi connectivity index (χ3v) is 3.34. The van der Waals surface area contributed by atoms with Crippen molar-refractivity contribution in [3.05, 3.63) is 53.3 Å². The van der Waals surface area contributed by atoms with Gasteiger partial charge in [0, 0.05) is 6.20 Å². The molecule has 1 atom stereocenters. The molecule has 1 unspecified atom stereocenters. The summed E-state index contributed by atoms with van der Waals surface area (Å²) in [6, 6.07) is 5.91. The van der Waals surface area contributed by atoms with Crippen LogP contribution in [0.2, 0.25) is 0 Å². The molecule has 0 saturated carbocycles. The van der Waals surface area contributed by atoms with Gasteiger partial charge in [0.05, 0.1) is 0 Å². The smallest absolute Gasteiger partial charge is 0.406 e. The second-order valence-electron chi connectivity index (χ2n) is 5.15. The quantitative estimate of drug-likeness (QED) is 0.932. The van der Waals surface area contributed by atoms with Gasteiger partial charge in [-0.15, -0.1) is 13.2 Å². The van der Waals surface area contributed by atoms with Crippen LogP contribution in [0.3, 0.4) is 0 Å². The molecule has 2 aliphatic heterocycles. The Morgan fingerprint density at radius 3 is 2.68 bits per heavy atom. The van der Waals surface area contributed by atoms with Gasteiger partial charge < -0.3 is 4.74 Å². The highest BCUT2D eigenvalue weighted by Gasteiger charge is 2.31. The van der Waals surface area contributed by atoms with E-state index in [2.05, 4.69) is 15.2 Å². The van der Waals surface area contributed by atoms with E-state index in [1.54, 1.807) is 18.5 Å². The van der Waals surface area contributed by atoms with Crippen LogP contribution in [-0.2, 0) is 6.42 Å². The first-order chi connectivity index (χ1) is 10.4. The number of aliphatic imine (C=N–C) groups is 1. The molecule has 22 heavy (non-hydrogen) atoms. The van der Waals surface area contributed by atoms with E-state index >= 15 is 0 Å². The van der Waals surface area contributed by atoms with Gasteiger partial charge >= 0.3 is 6.36 Å². The maximum Gasteiger partial charge on any atom is 0.573 e. The molecule has 0 spiro atoms. The van der Waals surface area contributed by atoms with Crippen LogP contribution in [0.25, 0.3) is 0 Å². The summed E-state index contributed by atoms with van der Waals surface area (Å²) in [5.41, 5.74) is 6.08. The number of hydrazine groups is 1. The lowest BCUT2D eigenvalue weighted by Gasteiger charge is -2.27. The first-order valence-corrected chi connectivity index (χ1v) is 6.70. The van der Waals surface area contributed by atoms with Crippen LogP contribution in [0.1, 0.15) is 12.5 Å². The number of halogens is 3. The third-order valence-electron chi connectivity index (χ3n) is 3.34. The Hall–Kier alpha value is -2.44. The average Bonchev–Trinajstić information content (AvgIpc) is 2.87. The van der Waals surface area contributed by atoms with Crippen LogP contribution >= 0.6 is 0 Å². The van der Waals surface area contributed by atoms with Crippen LogP contribution in [-0.4, -0.2) is 23.9 Å². The topological polar surface area (TPSA) is 36.9 Å². The van der Waals surface area contributed by atoms with E-state index in [0.29, 0.717) is 6.42 Å². The molecule has 0 bridgehead atoms. The summed E-state index contributed by atoms with van der Waals surface area (Å²) in [5.74, 6) is -0.216. The summed E-state index contributed by atoms with van der Waals surface area (Å²) in [7, 11) is 0. The minimum Gasteiger partial charge on any atom is -0.406 e. The van der Waals surface area contributed by atoms with Gasteiger partial charge in [-0.05, 0) is 42.2 Å². The Balaban J connectivity index is 1.73. The van der Waals surface area contributed by atoms with Crippen molar-refractivity contribution in [3.8, 4) is 5.75 Å². The van der Waals surface area contributed by atoms with E-state index in [4.69, 9.17) is 0 Å². The molecule has 0 radical (unpaired) electrons. The first-order valence-electron chi connectivity index (χ1n) is 6.70. The number of nitrogens with one attached hydrogen (secondary N) is 1. The number of allylic oxidation sites excluding steroid dienone is 2. The lowest BCUT2D eigenvalue weighted by atomic mass is 9.98. The van der Waals surface area contributed by atoms with Crippen molar-refractivity contribution in [2.75, 3.05) is 0 Å². The number of fused-ring (bicyclic) bond motifs is 1. The van der Waals surface area contributed by atoms with Gasteiger partial charge in [0.2, 0.25) is 0 Å². The first kappa shape index (κ1) is 14.5. The zero-order valence-corrected chi connectivity index (χ0v) is 11.8. The van der Waals surface area contributed by atoms with Crippen molar-refractivity contribution in [3.63, 3.8) is 0 Å². The molecule has 0 saturated heterocycles. The van der Waals surface area contributed by atoms with E-state index in [1.807, 2.05) is 24.2 Å². The summed E-state index contributed by atoms with van der Waals surface area (Å²) in [6.07, 6.45) is 1.48. The fourth-order valence-corrected chi connectivity index (χ4v) is 2.51. The molecular weight excluding hydrogens is 295 g/mol. The Bertz CT molecular complexity index is 647. The molecule has 0 aliphatic carbocycles. The number of hydrogen-bond acceptors (Lipinski definition) is 4. The molecule has 0 amide bonds. The largest absolute Gasteiger partial charge is 0.573 e. The highest BCUT2D eigenvalue weighted by atomic mass is 19.4. The Kier molecular flexibility index (Phi) is 3.56. The summed E-state index contributed by atoms with van der Waals surface area (Å²) in [5, 5.41) is 1.89. The number of alkyl halides is 3. The van der Waals surface area contributed by atoms with Crippen LogP contribution in [0.15, 0.2) is 52.7 Å². The lowest BCUT2D eigenvalue weighted by molar-refractivity contribution is -0.274. The Morgan fingerprint density at radius 1 is 1.27 bits per heavy atom. The van der Waals surface area contributed by atoms with Crippen LogP contribution in [0.4, 0.5) is 13.2 Å². The van der Waals surface area contributed by atoms with E-state index in [0.717, 1.165) is 16.7 Å². The summed E-state index contributed by atoms with van der Waals surface area (Å²) in [4.78, 5) is 4.34. The van der Waals surface area contributed by atoms with E-state index in [9.17, 15) is 13.2 Å². The fraction of sp³-hybridized carbons (Fsp3) is 0.267. The molecule has 3 rings (SSSR count). The van der Waals surface area contributed by atoms with Gasteiger partial charge in [0.15, 0.2) is 6.17 Å². The van der Waals surface area contributed by atoms with Gasteiger partial charge in [0.1, 0.15) is 12.1 Å². The molecular formula is C15H14F3N3O. The van der Waals surface area contributed by atoms with Gasteiger partial charge in [0.25, 0.3) is 0 Å². The molecule has 1 N–H and O–H groups in total. The minimum atomic E-state index is -4.67. The van der Waals surface area contributed by atoms with Gasteiger partial charge in [-0.3, -0.25) is 10.4 Å². The minimum absolute atomic E-state index is 0.102. The maximum atomic E-state index is 12.1. The van der Waals surface area contributed by atoms with Crippen molar-refractivity contribution < 1.29 is 17.9 Å². The van der Waals surface area contributed by atoms with E-state index < -0.39 is 6.36 Å². The number of nitrogens with zero attached hydrogens (tertiary/aromatic N) is 2. The average molecular weight is 309 g/mol. The molecule has 0 aromatic heterocycles. The SMILES string of the molecule is CC1=CN2NC=NC2C(Cc2ccc(OC(F)(F)F)cc2)=C1. The predicted molar refractivity (Wildman–Crippen MR) is 75.9 cm³/mol.